The molecule has 0 nitrogen and oxygen atoms in total. The van der Waals surface area contributed by atoms with Gasteiger partial charge in [-0.15, -0.1) is 0 Å². The highest BCUT2D eigenvalue weighted by Gasteiger charge is 2.00. The monoisotopic (exact) mass is 201 g/mol. The van der Waals surface area contributed by atoms with Gasteiger partial charge in [-0.05, 0) is 36.8 Å². The summed E-state index contributed by atoms with van der Waals surface area (Å²) in [6.07, 6.45) is 5.69. The molecule has 0 aliphatic heterocycles. The van der Waals surface area contributed by atoms with Gasteiger partial charge in [-0.25, -0.2) is 0 Å². The fourth-order valence-corrected chi connectivity index (χ4v) is 1.72. The van der Waals surface area contributed by atoms with Crippen LogP contribution in [-0.4, -0.2) is 0 Å². The Labute approximate surface area is 94.0 Å². The average Bonchev–Trinajstić information content (AvgIpc) is 2.25. The molecular weight excluding hydrogens is 180 g/mol. The van der Waals surface area contributed by atoms with E-state index in [4.69, 9.17) is 0 Å². The minimum Gasteiger partial charge on any atom is -0.0804 e. The van der Waals surface area contributed by atoms with E-state index in [0.717, 1.165) is 12.3 Å². The van der Waals surface area contributed by atoms with Crippen LogP contribution in [0.4, 0.5) is 0 Å². The predicted octanol–water partition coefficient (Wildman–Crippen LogP) is 4.73. The largest absolute Gasteiger partial charge is 0.0804 e. The molecule has 81 valence electrons. The van der Waals surface area contributed by atoms with Gasteiger partial charge in [0.25, 0.3) is 0 Å². The van der Waals surface area contributed by atoms with Crippen LogP contribution >= 0.6 is 0 Å². The second kappa shape index (κ2) is 6.44. The van der Waals surface area contributed by atoms with E-state index in [1.165, 1.54) is 24.0 Å². The third-order valence-corrected chi connectivity index (χ3v) is 2.62. The molecule has 0 fully saturated rings. The second-order valence-electron chi connectivity index (χ2n) is 4.38. The fourth-order valence-electron chi connectivity index (χ4n) is 1.72. The van der Waals surface area contributed by atoms with Gasteiger partial charge in [-0.2, -0.15) is 0 Å². The molecule has 0 aliphatic carbocycles. The zero-order valence-corrected chi connectivity index (χ0v) is 9.87. The van der Waals surface area contributed by atoms with Gasteiger partial charge in [0, 0.05) is 0 Å². The third kappa shape index (κ3) is 4.33. The molecule has 0 heterocycles. The Bertz CT molecular complexity index is 293. The van der Waals surface area contributed by atoms with Gasteiger partial charge in [-0.1, -0.05) is 56.7 Å². The lowest BCUT2D eigenvalue weighted by Gasteiger charge is -2.08. The highest BCUT2D eigenvalue weighted by atomic mass is 14.1. The lowest BCUT2D eigenvalue weighted by atomic mass is 9.97. The summed E-state index contributed by atoms with van der Waals surface area (Å²) in [5.41, 5.74) is 2.69. The summed E-state index contributed by atoms with van der Waals surface area (Å²) in [5, 5.41) is 0. The van der Waals surface area contributed by atoms with Crippen LogP contribution in [-0.2, 0) is 0 Å². The van der Waals surface area contributed by atoms with E-state index >= 15 is 0 Å². The molecule has 1 aromatic rings. The predicted molar refractivity (Wildman–Crippen MR) is 68.5 cm³/mol. The van der Waals surface area contributed by atoms with Crippen molar-refractivity contribution in [1.29, 1.82) is 0 Å². The summed E-state index contributed by atoms with van der Waals surface area (Å²) in [6, 6.07) is 10.5. The van der Waals surface area contributed by atoms with E-state index in [1.54, 1.807) is 0 Å². The maximum atomic E-state index is 3.90. The molecule has 0 amide bonds. The maximum absolute atomic E-state index is 3.90. The maximum Gasteiger partial charge on any atom is -0.0228 e. The van der Waals surface area contributed by atoms with Gasteiger partial charge in [0.2, 0.25) is 0 Å². The number of allylic oxidation sites excluding steroid dienone is 2. The van der Waals surface area contributed by atoms with Crippen molar-refractivity contribution in [2.45, 2.75) is 33.1 Å². The summed E-state index contributed by atoms with van der Waals surface area (Å²) in [5.74, 6) is 0.798. The van der Waals surface area contributed by atoms with Gasteiger partial charge in [-0.3, -0.25) is 0 Å². The SMILES string of the molecule is [CH2]C=C(CCCC(C)C)c1ccccc1. The first-order valence-electron chi connectivity index (χ1n) is 5.77. The van der Waals surface area contributed by atoms with Crippen LogP contribution in [0.15, 0.2) is 36.4 Å². The van der Waals surface area contributed by atoms with Crippen LogP contribution in [0, 0.1) is 12.8 Å². The topological polar surface area (TPSA) is 0 Å². The minimum atomic E-state index is 0.798. The summed E-state index contributed by atoms with van der Waals surface area (Å²) < 4.78 is 0. The first kappa shape index (κ1) is 12.0. The molecule has 1 radical (unpaired) electrons. The molecule has 0 saturated heterocycles. The lowest BCUT2D eigenvalue weighted by molar-refractivity contribution is 0.562. The summed E-state index contributed by atoms with van der Waals surface area (Å²) in [7, 11) is 0. The third-order valence-electron chi connectivity index (χ3n) is 2.62. The van der Waals surface area contributed by atoms with Gasteiger partial charge in [0.15, 0.2) is 0 Å². The molecular formula is C15H21. The summed E-state index contributed by atoms with van der Waals surface area (Å²) in [4.78, 5) is 0. The number of rotatable bonds is 5. The highest BCUT2D eigenvalue weighted by Crippen LogP contribution is 2.21. The van der Waals surface area contributed by atoms with E-state index in [2.05, 4.69) is 51.1 Å². The Morgan fingerprint density at radius 2 is 1.93 bits per heavy atom. The molecule has 0 spiro atoms. The highest BCUT2D eigenvalue weighted by molar-refractivity contribution is 5.65. The van der Waals surface area contributed by atoms with Crippen LogP contribution in [0.5, 0.6) is 0 Å². The molecule has 0 unspecified atom stereocenters. The number of benzene rings is 1. The Morgan fingerprint density at radius 3 is 2.47 bits per heavy atom. The van der Waals surface area contributed by atoms with Crippen LogP contribution < -0.4 is 0 Å². The van der Waals surface area contributed by atoms with Crippen molar-refractivity contribution in [1.82, 2.24) is 0 Å². The smallest absolute Gasteiger partial charge is 0.0228 e. The summed E-state index contributed by atoms with van der Waals surface area (Å²) >= 11 is 0. The molecule has 0 heteroatoms. The Hall–Kier alpha value is -1.04. The van der Waals surface area contributed by atoms with Crippen molar-refractivity contribution in [2.75, 3.05) is 0 Å². The van der Waals surface area contributed by atoms with Crippen molar-refractivity contribution in [2.24, 2.45) is 5.92 Å². The van der Waals surface area contributed by atoms with Gasteiger partial charge in [0.05, 0.1) is 0 Å². The number of hydrogen-bond acceptors (Lipinski definition) is 0. The first-order chi connectivity index (χ1) is 7.24. The van der Waals surface area contributed by atoms with Crippen molar-refractivity contribution in [3.05, 3.63) is 48.9 Å². The van der Waals surface area contributed by atoms with E-state index in [1.807, 2.05) is 6.08 Å². The zero-order valence-electron chi connectivity index (χ0n) is 9.87. The van der Waals surface area contributed by atoms with Crippen molar-refractivity contribution >= 4 is 5.57 Å². The molecule has 1 rings (SSSR count). The van der Waals surface area contributed by atoms with E-state index in [9.17, 15) is 0 Å². The zero-order chi connectivity index (χ0) is 11.1. The van der Waals surface area contributed by atoms with E-state index < -0.39 is 0 Å². The molecule has 0 aliphatic rings. The van der Waals surface area contributed by atoms with Crippen LogP contribution in [0.3, 0.4) is 0 Å². The standard InChI is InChI=1S/C15H21/c1-4-14(12-8-9-13(2)3)15-10-6-5-7-11-15/h4-7,10-11,13H,1,8-9,12H2,2-3H3. The van der Waals surface area contributed by atoms with Gasteiger partial charge >= 0.3 is 0 Å². The fraction of sp³-hybridized carbons (Fsp3) is 0.400. The minimum absolute atomic E-state index is 0.798. The molecule has 0 N–H and O–H groups in total. The van der Waals surface area contributed by atoms with E-state index in [-0.39, 0.29) is 0 Å². The van der Waals surface area contributed by atoms with Crippen molar-refractivity contribution in [3.8, 4) is 0 Å². The average molecular weight is 201 g/mol. The molecule has 0 saturated carbocycles. The quantitative estimate of drug-likeness (QED) is 0.646. The number of hydrogen-bond donors (Lipinski definition) is 0. The van der Waals surface area contributed by atoms with Crippen molar-refractivity contribution < 1.29 is 0 Å². The molecule has 0 aromatic heterocycles. The second-order valence-corrected chi connectivity index (χ2v) is 4.38. The summed E-state index contributed by atoms with van der Waals surface area (Å²) in [6.45, 7) is 8.45. The molecule has 1 aromatic carbocycles. The molecule has 0 bridgehead atoms. The van der Waals surface area contributed by atoms with Crippen LogP contribution in [0.1, 0.15) is 38.7 Å². The Morgan fingerprint density at radius 1 is 1.27 bits per heavy atom. The van der Waals surface area contributed by atoms with Crippen LogP contribution in [0.25, 0.3) is 5.57 Å². The van der Waals surface area contributed by atoms with E-state index in [0.29, 0.717) is 0 Å². The first-order valence-corrected chi connectivity index (χ1v) is 5.77. The van der Waals surface area contributed by atoms with Crippen molar-refractivity contribution in [3.63, 3.8) is 0 Å². The lowest BCUT2D eigenvalue weighted by Crippen LogP contribution is -1.89. The Kier molecular flexibility index (Phi) is 5.17. The van der Waals surface area contributed by atoms with Crippen LogP contribution in [0.2, 0.25) is 0 Å². The normalized spacial score (nSPS) is 12.1. The Balaban J connectivity index is 2.51. The van der Waals surface area contributed by atoms with Gasteiger partial charge in [0.1, 0.15) is 0 Å². The molecule has 15 heavy (non-hydrogen) atoms. The van der Waals surface area contributed by atoms with Gasteiger partial charge < -0.3 is 0 Å². The molecule has 0 atom stereocenters.